The number of carbonyl (C=O) groups excluding carboxylic acids is 3. The van der Waals surface area contributed by atoms with Gasteiger partial charge in [0, 0.05) is 6.42 Å². The summed E-state index contributed by atoms with van der Waals surface area (Å²) >= 11 is 0. The molecule has 0 fully saturated rings. The number of aryl methyl sites for hydroxylation is 1. The second kappa shape index (κ2) is 9.92. The number of anilines is 2. The maximum Gasteiger partial charge on any atom is 0.424 e. The number of ether oxygens (including phenoxy) is 2. The highest BCUT2D eigenvalue weighted by atomic mass is 16.6. The van der Waals surface area contributed by atoms with E-state index in [9.17, 15) is 14.4 Å². The first-order chi connectivity index (χ1) is 14.3. The maximum atomic E-state index is 13.2. The third kappa shape index (κ3) is 8.52. The number of hydrogen-bond acceptors (Lipinski definition) is 5. The fourth-order valence-electron chi connectivity index (χ4n) is 3.06. The largest absolute Gasteiger partial charge is 0.443 e. The highest BCUT2D eigenvalue weighted by Gasteiger charge is 2.36. The van der Waals surface area contributed by atoms with E-state index in [0.29, 0.717) is 17.7 Å². The number of nitrogens with zero attached hydrogens (tertiary/aromatic N) is 1. The summed E-state index contributed by atoms with van der Waals surface area (Å²) in [4.78, 5) is 40.0. The van der Waals surface area contributed by atoms with Crippen LogP contribution in [0.3, 0.4) is 0 Å². The predicted octanol–water partition coefficient (Wildman–Crippen LogP) is 6.61. The molecule has 0 atom stereocenters. The fourth-order valence-corrected chi connectivity index (χ4v) is 3.06. The van der Waals surface area contributed by atoms with Crippen molar-refractivity contribution < 1.29 is 23.9 Å². The van der Waals surface area contributed by atoms with E-state index in [2.05, 4.69) is 5.32 Å². The third-order valence-corrected chi connectivity index (χ3v) is 4.26. The van der Waals surface area contributed by atoms with E-state index in [1.807, 2.05) is 40.7 Å². The number of rotatable bonds is 4. The molecule has 0 aliphatic carbocycles. The molecule has 0 radical (unpaired) electrons. The first kappa shape index (κ1) is 27.5. The number of nitrogens with one attached hydrogen (secondary N) is 1. The molecule has 32 heavy (non-hydrogen) atoms. The van der Waals surface area contributed by atoms with Crippen molar-refractivity contribution in [2.24, 2.45) is 5.41 Å². The Morgan fingerprint density at radius 2 is 1.34 bits per heavy atom. The lowest BCUT2D eigenvalue weighted by Gasteiger charge is -2.31. The van der Waals surface area contributed by atoms with Crippen molar-refractivity contribution in [3.63, 3.8) is 0 Å². The zero-order valence-corrected chi connectivity index (χ0v) is 21.6. The molecule has 1 N–H and O–H groups in total. The van der Waals surface area contributed by atoms with Gasteiger partial charge in [0.1, 0.15) is 11.2 Å². The molecule has 0 bridgehead atoms. The molecule has 0 spiro atoms. The van der Waals surface area contributed by atoms with Crippen molar-refractivity contribution in [1.82, 2.24) is 0 Å². The number of imide groups is 1. The third-order valence-electron chi connectivity index (χ3n) is 4.26. The Balaban J connectivity index is 3.64. The summed E-state index contributed by atoms with van der Waals surface area (Å²) in [6, 6.07) is 3.59. The number of hydrogen-bond donors (Lipinski definition) is 1. The normalized spacial score (nSPS) is 12.2. The van der Waals surface area contributed by atoms with Crippen LogP contribution in [0.25, 0.3) is 0 Å². The first-order valence-corrected chi connectivity index (χ1v) is 11.0. The van der Waals surface area contributed by atoms with E-state index in [-0.39, 0.29) is 23.4 Å². The Morgan fingerprint density at radius 3 is 1.72 bits per heavy atom. The molecule has 3 amide bonds. The molecule has 0 aromatic heterocycles. The van der Waals surface area contributed by atoms with Crippen LogP contribution in [0, 0.1) is 12.3 Å². The Hall–Kier alpha value is -2.57. The van der Waals surface area contributed by atoms with Gasteiger partial charge in [-0.1, -0.05) is 33.8 Å². The Kier molecular flexibility index (Phi) is 8.52. The van der Waals surface area contributed by atoms with Gasteiger partial charge in [0.2, 0.25) is 5.91 Å². The average molecular weight is 449 g/mol. The van der Waals surface area contributed by atoms with Crippen molar-refractivity contribution in [1.29, 1.82) is 0 Å². The van der Waals surface area contributed by atoms with Crippen LogP contribution >= 0.6 is 0 Å². The van der Waals surface area contributed by atoms with Crippen LogP contribution in [0.4, 0.5) is 21.0 Å². The summed E-state index contributed by atoms with van der Waals surface area (Å²) in [5.41, 5.74) is 0.357. The average Bonchev–Trinajstić information content (AvgIpc) is 2.52. The highest BCUT2D eigenvalue weighted by Crippen LogP contribution is 2.35. The highest BCUT2D eigenvalue weighted by molar-refractivity contribution is 6.13. The van der Waals surface area contributed by atoms with Crippen molar-refractivity contribution in [2.75, 3.05) is 10.2 Å². The summed E-state index contributed by atoms with van der Waals surface area (Å²) in [5.74, 6) is -0.212. The van der Waals surface area contributed by atoms with E-state index in [1.165, 1.54) is 0 Å². The lowest BCUT2D eigenvalue weighted by molar-refractivity contribution is -0.117. The zero-order valence-electron chi connectivity index (χ0n) is 21.6. The Morgan fingerprint density at radius 1 is 0.875 bits per heavy atom. The fraction of sp³-hybridized carbons (Fsp3) is 0.640. The van der Waals surface area contributed by atoms with Gasteiger partial charge in [-0.25, -0.2) is 9.59 Å². The van der Waals surface area contributed by atoms with Crippen LogP contribution < -0.4 is 10.2 Å². The summed E-state index contributed by atoms with van der Waals surface area (Å²) < 4.78 is 11.1. The van der Waals surface area contributed by atoms with Crippen LogP contribution in [0.5, 0.6) is 0 Å². The van der Waals surface area contributed by atoms with E-state index in [1.54, 1.807) is 47.6 Å². The van der Waals surface area contributed by atoms with Gasteiger partial charge in [-0.15, -0.1) is 0 Å². The standard InChI is InChI=1S/C25H40N2O5/c1-12-17-13-14-18(26-19(28)15-23(3,4)5)20(16(17)2)27(21(29)31-24(6,7)8)22(30)32-25(9,10)11/h13-14H,12,15H2,1-11H3,(H,26,28). The van der Waals surface area contributed by atoms with E-state index in [4.69, 9.17) is 9.47 Å². The van der Waals surface area contributed by atoms with Gasteiger partial charge < -0.3 is 14.8 Å². The molecule has 180 valence electrons. The van der Waals surface area contributed by atoms with Gasteiger partial charge in [0.25, 0.3) is 0 Å². The van der Waals surface area contributed by atoms with E-state index < -0.39 is 23.4 Å². The molecule has 1 rings (SSSR count). The molecular weight excluding hydrogens is 408 g/mol. The van der Waals surface area contributed by atoms with Crippen LogP contribution in [-0.2, 0) is 20.7 Å². The summed E-state index contributed by atoms with van der Waals surface area (Å²) in [6.07, 6.45) is -0.769. The lowest BCUT2D eigenvalue weighted by atomic mass is 9.92. The smallest absolute Gasteiger partial charge is 0.424 e. The minimum absolute atomic E-state index is 0.212. The van der Waals surface area contributed by atoms with Crippen LogP contribution in [0.15, 0.2) is 12.1 Å². The summed E-state index contributed by atoms with van der Waals surface area (Å²) in [7, 11) is 0. The Labute approximate surface area is 192 Å². The lowest BCUT2D eigenvalue weighted by Crippen LogP contribution is -2.44. The molecule has 7 heteroatoms. The SMILES string of the molecule is CCc1ccc(NC(=O)CC(C)(C)C)c(N(C(=O)OC(C)(C)C)C(=O)OC(C)(C)C)c1C. The molecule has 0 aliphatic rings. The van der Waals surface area contributed by atoms with Gasteiger partial charge in [-0.05, 0) is 77.5 Å². The molecule has 7 nitrogen and oxygen atoms in total. The molecule has 1 aromatic rings. The molecule has 1 aromatic carbocycles. The monoisotopic (exact) mass is 448 g/mol. The van der Waals surface area contributed by atoms with Gasteiger partial charge in [0.15, 0.2) is 0 Å². The first-order valence-electron chi connectivity index (χ1n) is 11.0. The van der Waals surface area contributed by atoms with Gasteiger partial charge in [-0.2, -0.15) is 4.90 Å². The minimum Gasteiger partial charge on any atom is -0.443 e. The topological polar surface area (TPSA) is 84.9 Å². The number of carbonyl (C=O) groups is 3. The van der Waals surface area contributed by atoms with Crippen molar-refractivity contribution in [3.8, 4) is 0 Å². The molecule has 0 aliphatic heterocycles. The maximum absolute atomic E-state index is 13.2. The molecule has 0 heterocycles. The quantitative estimate of drug-likeness (QED) is 0.560. The second-order valence-corrected chi connectivity index (χ2v) is 11.2. The Bertz CT molecular complexity index is 827. The van der Waals surface area contributed by atoms with Gasteiger partial charge >= 0.3 is 12.2 Å². The van der Waals surface area contributed by atoms with Crippen LogP contribution in [-0.4, -0.2) is 29.3 Å². The van der Waals surface area contributed by atoms with Gasteiger partial charge in [0.05, 0.1) is 11.4 Å². The molecular formula is C25H40N2O5. The molecule has 0 saturated carbocycles. The second-order valence-electron chi connectivity index (χ2n) is 11.2. The van der Waals surface area contributed by atoms with E-state index >= 15 is 0 Å². The zero-order chi connectivity index (χ0) is 25.1. The summed E-state index contributed by atoms with van der Waals surface area (Å²) in [6.45, 7) is 20.0. The minimum atomic E-state index is -0.866. The summed E-state index contributed by atoms with van der Waals surface area (Å²) in [5, 5.41) is 2.88. The van der Waals surface area contributed by atoms with Crippen molar-refractivity contribution >= 4 is 29.5 Å². The molecule has 0 saturated heterocycles. The van der Waals surface area contributed by atoms with Crippen LogP contribution in [0.2, 0.25) is 0 Å². The van der Waals surface area contributed by atoms with E-state index in [0.717, 1.165) is 10.5 Å². The molecule has 0 unspecified atom stereocenters. The van der Waals surface area contributed by atoms with Crippen LogP contribution in [0.1, 0.15) is 86.8 Å². The van der Waals surface area contributed by atoms with Gasteiger partial charge in [-0.3, -0.25) is 4.79 Å². The predicted molar refractivity (Wildman–Crippen MR) is 128 cm³/mol. The van der Waals surface area contributed by atoms with Crippen molar-refractivity contribution in [2.45, 2.75) is 100 Å². The number of benzene rings is 1. The van der Waals surface area contributed by atoms with Crippen molar-refractivity contribution in [3.05, 3.63) is 23.3 Å². The number of amides is 3.